The van der Waals surface area contributed by atoms with E-state index in [0.29, 0.717) is 56.5 Å². The summed E-state index contributed by atoms with van der Waals surface area (Å²) in [6.07, 6.45) is 5.82. The zero-order valence-electron chi connectivity index (χ0n) is 21.7. The van der Waals surface area contributed by atoms with Gasteiger partial charge in [-0.25, -0.2) is 9.37 Å². The maximum atomic E-state index is 14.9. The normalized spacial score (nSPS) is 13.7. The van der Waals surface area contributed by atoms with E-state index in [1.54, 1.807) is 44.4 Å². The van der Waals surface area contributed by atoms with E-state index in [4.69, 9.17) is 18.9 Å². The van der Waals surface area contributed by atoms with Crippen LogP contribution < -0.4 is 20.1 Å². The van der Waals surface area contributed by atoms with E-state index >= 15 is 0 Å². The number of aromatic amines is 1. The van der Waals surface area contributed by atoms with Gasteiger partial charge in [0.25, 0.3) is 5.91 Å². The lowest BCUT2D eigenvalue weighted by Gasteiger charge is -2.16. The first-order valence-electron chi connectivity index (χ1n) is 12.7. The molecule has 0 spiro atoms. The van der Waals surface area contributed by atoms with E-state index < -0.39 is 5.82 Å². The molecule has 0 radical (unpaired) electrons. The third kappa shape index (κ3) is 4.60. The first-order valence-corrected chi connectivity index (χ1v) is 12.7. The highest BCUT2D eigenvalue weighted by Gasteiger charge is 2.24. The number of amides is 1. The van der Waals surface area contributed by atoms with Gasteiger partial charge in [-0.15, -0.1) is 0 Å². The molecular formula is C28H27FN6O4. The van der Waals surface area contributed by atoms with Crippen molar-refractivity contribution in [1.29, 1.82) is 0 Å². The Hall–Kier alpha value is -4.67. The predicted octanol–water partition coefficient (Wildman–Crippen LogP) is 5.65. The highest BCUT2D eigenvalue weighted by atomic mass is 19.1. The van der Waals surface area contributed by atoms with Gasteiger partial charge in [0, 0.05) is 31.3 Å². The van der Waals surface area contributed by atoms with Crippen LogP contribution in [0.5, 0.6) is 11.6 Å². The molecule has 0 bridgehead atoms. The van der Waals surface area contributed by atoms with Crippen LogP contribution in [0.25, 0.3) is 33.3 Å². The molecule has 200 valence electrons. The van der Waals surface area contributed by atoms with Gasteiger partial charge in [-0.2, -0.15) is 9.97 Å². The number of methoxy groups -OCH3 is 1. The van der Waals surface area contributed by atoms with Crippen LogP contribution in [0.4, 0.5) is 16.0 Å². The molecule has 1 fully saturated rings. The van der Waals surface area contributed by atoms with Gasteiger partial charge in [-0.05, 0) is 61.6 Å². The van der Waals surface area contributed by atoms with Gasteiger partial charge >= 0.3 is 0 Å². The van der Waals surface area contributed by atoms with E-state index in [-0.39, 0.29) is 23.5 Å². The molecule has 1 aliphatic rings. The zero-order valence-corrected chi connectivity index (χ0v) is 21.7. The van der Waals surface area contributed by atoms with Gasteiger partial charge in [0.15, 0.2) is 17.3 Å². The van der Waals surface area contributed by atoms with Gasteiger partial charge in [0.1, 0.15) is 23.0 Å². The lowest BCUT2D eigenvalue weighted by atomic mass is 10.1. The number of nitrogens with zero attached hydrogens (tertiary/aromatic N) is 3. The first-order chi connectivity index (χ1) is 18.9. The Balaban J connectivity index is 1.44. The highest BCUT2D eigenvalue weighted by Crippen LogP contribution is 2.39. The van der Waals surface area contributed by atoms with E-state index in [9.17, 15) is 9.18 Å². The number of nitrogens with one attached hydrogen (secondary N) is 3. The number of anilines is 2. The monoisotopic (exact) mass is 530 g/mol. The first kappa shape index (κ1) is 24.7. The van der Waals surface area contributed by atoms with Gasteiger partial charge in [-0.3, -0.25) is 4.79 Å². The molecule has 3 N–H and O–H groups in total. The SMILES string of the molecule is CNC(=O)c1ccc(Nc2nc(OC3CCCC3)c3c(-c4cc(F)c5nc(C)oc5c4)c[nH]c3n2)c(OC)c1. The Labute approximate surface area is 223 Å². The minimum absolute atomic E-state index is 0.0243. The molecule has 39 heavy (non-hydrogen) atoms. The summed E-state index contributed by atoms with van der Waals surface area (Å²) < 4.78 is 32.4. The van der Waals surface area contributed by atoms with Crippen molar-refractivity contribution in [3.63, 3.8) is 0 Å². The Morgan fingerprint density at radius 2 is 1.97 bits per heavy atom. The van der Waals surface area contributed by atoms with Crippen LogP contribution in [0, 0.1) is 12.7 Å². The van der Waals surface area contributed by atoms with Gasteiger partial charge in [-0.1, -0.05) is 0 Å². The molecule has 5 aromatic rings. The average molecular weight is 531 g/mol. The maximum absolute atomic E-state index is 14.9. The number of carbonyl (C=O) groups excluding carboxylic acids is 1. The van der Waals surface area contributed by atoms with Crippen LogP contribution in [0.3, 0.4) is 0 Å². The van der Waals surface area contributed by atoms with Crippen LogP contribution in [-0.4, -0.2) is 46.1 Å². The van der Waals surface area contributed by atoms with E-state index in [0.717, 1.165) is 25.7 Å². The van der Waals surface area contributed by atoms with Gasteiger partial charge < -0.3 is 29.5 Å². The van der Waals surface area contributed by atoms with Crippen LogP contribution in [0.15, 0.2) is 40.9 Å². The van der Waals surface area contributed by atoms with Crippen molar-refractivity contribution in [2.75, 3.05) is 19.5 Å². The second kappa shape index (κ2) is 9.90. The molecule has 0 aliphatic heterocycles. The van der Waals surface area contributed by atoms with Crippen molar-refractivity contribution in [2.45, 2.75) is 38.7 Å². The number of aryl methyl sites for hydroxylation is 1. The summed E-state index contributed by atoms with van der Waals surface area (Å²) in [5, 5.41) is 6.43. The second-order valence-corrected chi connectivity index (χ2v) is 9.46. The Morgan fingerprint density at radius 1 is 1.15 bits per heavy atom. The van der Waals surface area contributed by atoms with Gasteiger partial charge in [0.05, 0.1) is 18.2 Å². The smallest absolute Gasteiger partial charge is 0.251 e. The number of carbonyl (C=O) groups is 1. The number of aromatic nitrogens is 4. The Bertz CT molecular complexity index is 1710. The molecule has 0 saturated heterocycles. The Kier molecular flexibility index (Phi) is 6.26. The second-order valence-electron chi connectivity index (χ2n) is 9.46. The van der Waals surface area contributed by atoms with Crippen molar-refractivity contribution in [2.24, 2.45) is 0 Å². The number of halogens is 1. The summed E-state index contributed by atoms with van der Waals surface area (Å²) in [7, 11) is 3.09. The zero-order chi connectivity index (χ0) is 27.1. The molecule has 1 aliphatic carbocycles. The number of fused-ring (bicyclic) bond motifs is 2. The predicted molar refractivity (Wildman–Crippen MR) is 144 cm³/mol. The summed E-state index contributed by atoms with van der Waals surface area (Å²) in [4.78, 5) is 28.8. The molecule has 6 rings (SSSR count). The molecule has 0 unspecified atom stereocenters. The third-order valence-electron chi connectivity index (χ3n) is 6.88. The number of rotatable bonds is 7. The summed E-state index contributed by atoms with van der Waals surface area (Å²) in [5.41, 5.74) is 3.39. The lowest BCUT2D eigenvalue weighted by Crippen LogP contribution is -2.17. The summed E-state index contributed by atoms with van der Waals surface area (Å²) in [6.45, 7) is 1.68. The number of hydrogen-bond acceptors (Lipinski definition) is 8. The maximum Gasteiger partial charge on any atom is 0.251 e. The van der Waals surface area contributed by atoms with Crippen LogP contribution in [-0.2, 0) is 0 Å². The topological polar surface area (TPSA) is 127 Å². The molecule has 11 heteroatoms. The molecule has 10 nitrogen and oxygen atoms in total. The molecule has 3 heterocycles. The van der Waals surface area contributed by atoms with E-state index in [1.165, 1.54) is 13.2 Å². The highest BCUT2D eigenvalue weighted by molar-refractivity contribution is 5.99. The van der Waals surface area contributed by atoms with Crippen molar-refractivity contribution >= 4 is 39.7 Å². The van der Waals surface area contributed by atoms with Crippen molar-refractivity contribution in [1.82, 2.24) is 25.3 Å². The van der Waals surface area contributed by atoms with Crippen molar-refractivity contribution in [3.8, 4) is 22.8 Å². The molecule has 1 saturated carbocycles. The third-order valence-corrected chi connectivity index (χ3v) is 6.88. The molecule has 3 aromatic heterocycles. The Morgan fingerprint density at radius 3 is 2.74 bits per heavy atom. The average Bonchev–Trinajstić information content (AvgIpc) is 3.68. The minimum Gasteiger partial charge on any atom is -0.495 e. The molecule has 1 amide bonds. The number of hydrogen-bond donors (Lipinski definition) is 3. The fourth-order valence-electron chi connectivity index (χ4n) is 4.99. The number of ether oxygens (including phenoxy) is 2. The lowest BCUT2D eigenvalue weighted by molar-refractivity contribution is 0.0962. The fourth-order valence-corrected chi connectivity index (χ4v) is 4.99. The summed E-state index contributed by atoms with van der Waals surface area (Å²) in [5.74, 6) is 0.819. The van der Waals surface area contributed by atoms with Gasteiger partial charge in [0.2, 0.25) is 11.8 Å². The van der Waals surface area contributed by atoms with Crippen LogP contribution in [0.1, 0.15) is 41.9 Å². The van der Waals surface area contributed by atoms with Crippen molar-refractivity contribution < 1.29 is 23.1 Å². The summed E-state index contributed by atoms with van der Waals surface area (Å²) >= 11 is 0. The van der Waals surface area contributed by atoms with E-state index in [1.807, 2.05) is 0 Å². The number of H-pyrrole nitrogens is 1. The standard InChI is InChI=1S/C28H27FN6O4/c1-14-32-24-19(29)10-16(12-22(24)38-14)18-13-31-25-23(18)27(39-17-6-4-5-7-17)35-28(34-25)33-20-9-8-15(26(36)30-2)11-21(20)37-3/h8-13,17H,4-7H2,1-3H3,(H,30,36)(H2,31,33,34,35). The number of benzene rings is 2. The van der Waals surface area contributed by atoms with Crippen LogP contribution in [0.2, 0.25) is 0 Å². The van der Waals surface area contributed by atoms with Crippen molar-refractivity contribution in [3.05, 3.63) is 53.8 Å². The molecule has 0 atom stereocenters. The number of oxazole rings is 1. The largest absolute Gasteiger partial charge is 0.495 e. The fraction of sp³-hybridized carbons (Fsp3) is 0.286. The van der Waals surface area contributed by atoms with E-state index in [2.05, 4.69) is 25.6 Å². The minimum atomic E-state index is -0.474. The quantitative estimate of drug-likeness (QED) is 0.246. The summed E-state index contributed by atoms with van der Waals surface area (Å²) in [6, 6.07) is 8.23. The molecule has 2 aromatic carbocycles. The van der Waals surface area contributed by atoms with Crippen LogP contribution >= 0.6 is 0 Å². The molecular weight excluding hydrogens is 503 g/mol.